The number of ether oxygens (including phenoxy) is 1. The number of anilines is 1. The molecule has 0 bridgehead atoms. The van der Waals surface area contributed by atoms with E-state index in [9.17, 15) is 14.4 Å². The van der Waals surface area contributed by atoms with Crippen molar-refractivity contribution in [2.75, 3.05) is 11.4 Å². The number of aromatic nitrogens is 1. The van der Waals surface area contributed by atoms with Gasteiger partial charge in [-0.05, 0) is 48.4 Å². The average Bonchev–Trinajstić information content (AvgIpc) is 3.33. The van der Waals surface area contributed by atoms with Crippen molar-refractivity contribution in [3.05, 3.63) is 100.0 Å². The number of rotatable bonds is 5. The third-order valence-electron chi connectivity index (χ3n) is 6.89. The van der Waals surface area contributed by atoms with Crippen molar-refractivity contribution in [3.63, 3.8) is 0 Å². The molecule has 1 atom stereocenters. The predicted molar refractivity (Wildman–Crippen MR) is 141 cm³/mol. The van der Waals surface area contributed by atoms with Gasteiger partial charge in [0, 0.05) is 30.2 Å². The van der Waals surface area contributed by atoms with E-state index in [1.807, 2.05) is 74.5 Å². The van der Waals surface area contributed by atoms with Crippen LogP contribution >= 0.6 is 0 Å². The Kier molecular flexibility index (Phi) is 6.18. The molecule has 5 rings (SSSR count). The quantitative estimate of drug-likeness (QED) is 0.376. The van der Waals surface area contributed by atoms with Gasteiger partial charge in [0.25, 0.3) is 11.5 Å². The largest absolute Gasteiger partial charge is 0.448 e. The molecular formula is C30H28N2O4. The lowest BCUT2D eigenvalue weighted by Crippen LogP contribution is -2.41. The molecule has 0 spiro atoms. The molecule has 0 saturated heterocycles. The van der Waals surface area contributed by atoms with Gasteiger partial charge in [0.2, 0.25) is 0 Å². The van der Waals surface area contributed by atoms with Crippen LogP contribution < -0.4 is 10.5 Å². The number of carbonyl (C=O) groups excluding carboxylic acids is 2. The summed E-state index contributed by atoms with van der Waals surface area (Å²) >= 11 is 0. The monoisotopic (exact) mass is 480 g/mol. The van der Waals surface area contributed by atoms with Crippen LogP contribution in [0.5, 0.6) is 0 Å². The highest BCUT2D eigenvalue weighted by atomic mass is 16.5. The molecule has 1 amide bonds. The van der Waals surface area contributed by atoms with E-state index >= 15 is 0 Å². The van der Waals surface area contributed by atoms with Crippen LogP contribution in [0.2, 0.25) is 0 Å². The first-order valence-corrected chi connectivity index (χ1v) is 12.2. The van der Waals surface area contributed by atoms with Crippen molar-refractivity contribution >= 4 is 28.3 Å². The summed E-state index contributed by atoms with van der Waals surface area (Å²) in [5.41, 5.74) is 4.30. The summed E-state index contributed by atoms with van der Waals surface area (Å²) in [5, 5.41) is 1.19. The summed E-state index contributed by atoms with van der Waals surface area (Å²) in [5.74, 6) is -0.943. The number of nitrogens with zero attached hydrogens (tertiary/aromatic N) is 2. The summed E-state index contributed by atoms with van der Waals surface area (Å²) in [7, 11) is 1.57. The van der Waals surface area contributed by atoms with Crippen molar-refractivity contribution < 1.29 is 14.3 Å². The van der Waals surface area contributed by atoms with E-state index in [0.29, 0.717) is 29.3 Å². The second-order valence-electron chi connectivity index (χ2n) is 9.17. The smallest absolute Gasteiger partial charge is 0.356 e. The predicted octanol–water partition coefficient (Wildman–Crippen LogP) is 5.04. The number of amides is 1. The fourth-order valence-electron chi connectivity index (χ4n) is 4.95. The van der Waals surface area contributed by atoms with Crippen LogP contribution in [-0.4, -0.2) is 29.1 Å². The number of benzene rings is 3. The molecule has 0 fully saturated rings. The summed E-state index contributed by atoms with van der Waals surface area (Å²) in [6, 6.07) is 22.8. The van der Waals surface area contributed by atoms with Gasteiger partial charge in [-0.2, -0.15) is 0 Å². The highest BCUT2D eigenvalue weighted by Crippen LogP contribution is 2.32. The van der Waals surface area contributed by atoms with E-state index in [-0.39, 0.29) is 17.2 Å². The van der Waals surface area contributed by atoms with E-state index in [1.165, 1.54) is 4.57 Å². The van der Waals surface area contributed by atoms with Crippen LogP contribution in [0.3, 0.4) is 0 Å². The van der Waals surface area contributed by atoms with Gasteiger partial charge in [0.1, 0.15) is 5.69 Å². The van der Waals surface area contributed by atoms with E-state index in [2.05, 4.69) is 0 Å². The van der Waals surface area contributed by atoms with Crippen molar-refractivity contribution in [2.45, 2.75) is 32.8 Å². The zero-order valence-corrected chi connectivity index (χ0v) is 20.7. The first kappa shape index (κ1) is 23.5. The Morgan fingerprint density at radius 1 is 0.944 bits per heavy atom. The van der Waals surface area contributed by atoms with Crippen molar-refractivity contribution in [2.24, 2.45) is 7.05 Å². The lowest BCUT2D eigenvalue weighted by atomic mass is 9.96. The van der Waals surface area contributed by atoms with Crippen LogP contribution in [-0.2, 0) is 23.0 Å². The Morgan fingerprint density at radius 2 is 1.61 bits per heavy atom. The number of hydrogen-bond acceptors (Lipinski definition) is 4. The van der Waals surface area contributed by atoms with Crippen molar-refractivity contribution in [1.29, 1.82) is 0 Å². The molecule has 0 N–H and O–H groups in total. The number of pyridine rings is 1. The number of esters is 1. The third-order valence-corrected chi connectivity index (χ3v) is 6.89. The van der Waals surface area contributed by atoms with E-state index in [4.69, 9.17) is 4.74 Å². The molecule has 6 nitrogen and oxygen atoms in total. The minimum atomic E-state index is -0.962. The van der Waals surface area contributed by atoms with Crippen molar-refractivity contribution in [1.82, 2.24) is 4.57 Å². The maximum Gasteiger partial charge on any atom is 0.356 e. The van der Waals surface area contributed by atoms with Gasteiger partial charge in [-0.15, -0.1) is 0 Å². The summed E-state index contributed by atoms with van der Waals surface area (Å²) in [6.07, 6.45) is 0.129. The Hall–Kier alpha value is -4.19. The van der Waals surface area contributed by atoms with Gasteiger partial charge < -0.3 is 14.2 Å². The lowest BCUT2D eigenvalue weighted by Gasteiger charge is -2.24. The fraction of sp³-hybridized carbons (Fsp3) is 0.233. The molecule has 6 heteroatoms. The molecule has 0 radical (unpaired) electrons. The zero-order chi connectivity index (χ0) is 25.4. The number of aryl methyl sites for hydroxylation is 1. The molecule has 0 aliphatic carbocycles. The lowest BCUT2D eigenvalue weighted by molar-refractivity contribution is -0.127. The molecule has 3 aromatic carbocycles. The molecule has 36 heavy (non-hydrogen) atoms. The van der Waals surface area contributed by atoms with Crippen molar-refractivity contribution in [3.8, 4) is 11.1 Å². The standard InChI is InChI=1S/C30H28N2O4/c1-4-25(29(34)32-18-17-20-9-5-8-12-24(20)32)36-30(35)27-26(21-15-13-19(2)14-16-21)22-10-6-7-11-23(22)28(33)31(27)3/h5-16,25H,4,17-18H2,1-3H3. The highest BCUT2D eigenvalue weighted by Gasteiger charge is 2.33. The van der Waals surface area contributed by atoms with E-state index in [0.717, 1.165) is 28.8 Å². The van der Waals surface area contributed by atoms with Gasteiger partial charge in [0.05, 0.1) is 0 Å². The maximum atomic E-state index is 13.7. The average molecular weight is 481 g/mol. The van der Waals surface area contributed by atoms with Crippen LogP contribution in [0.4, 0.5) is 5.69 Å². The molecule has 2 heterocycles. The molecular weight excluding hydrogens is 452 g/mol. The van der Waals surface area contributed by atoms with Crippen LogP contribution in [0, 0.1) is 6.92 Å². The number of fused-ring (bicyclic) bond motifs is 2. The normalized spacial score (nSPS) is 13.5. The molecule has 182 valence electrons. The Morgan fingerprint density at radius 3 is 2.33 bits per heavy atom. The summed E-state index contributed by atoms with van der Waals surface area (Å²) in [6.45, 7) is 4.36. The molecule has 1 aliphatic rings. The Balaban J connectivity index is 1.57. The zero-order valence-electron chi connectivity index (χ0n) is 20.7. The molecule has 4 aromatic rings. The number of para-hydroxylation sites is 1. The first-order chi connectivity index (χ1) is 17.4. The van der Waals surface area contributed by atoms with Crippen LogP contribution in [0.15, 0.2) is 77.6 Å². The first-order valence-electron chi connectivity index (χ1n) is 12.2. The SMILES string of the molecule is CCC(OC(=O)c1c(-c2ccc(C)cc2)c2ccccc2c(=O)n1C)C(=O)N1CCc2ccccc21. The van der Waals surface area contributed by atoms with Crippen LogP contribution in [0.1, 0.15) is 35.0 Å². The fourth-order valence-corrected chi connectivity index (χ4v) is 4.95. The second kappa shape index (κ2) is 9.46. The minimum Gasteiger partial charge on any atom is -0.448 e. The minimum absolute atomic E-state index is 0.135. The van der Waals surface area contributed by atoms with Gasteiger partial charge >= 0.3 is 5.97 Å². The van der Waals surface area contributed by atoms with Gasteiger partial charge in [-0.25, -0.2) is 4.79 Å². The maximum absolute atomic E-state index is 13.7. The Bertz CT molecular complexity index is 1540. The van der Waals surface area contributed by atoms with E-state index < -0.39 is 12.1 Å². The number of carbonyl (C=O) groups is 2. The molecule has 0 saturated carbocycles. The highest BCUT2D eigenvalue weighted by molar-refractivity contribution is 6.07. The molecule has 1 aromatic heterocycles. The van der Waals surface area contributed by atoms with E-state index in [1.54, 1.807) is 24.1 Å². The Labute approximate surface area is 209 Å². The summed E-state index contributed by atoms with van der Waals surface area (Å²) < 4.78 is 7.19. The van der Waals surface area contributed by atoms with Gasteiger partial charge in [-0.1, -0.05) is 73.2 Å². The molecule has 1 aliphatic heterocycles. The number of hydrogen-bond donors (Lipinski definition) is 0. The second-order valence-corrected chi connectivity index (χ2v) is 9.17. The topological polar surface area (TPSA) is 68.6 Å². The molecule has 1 unspecified atom stereocenters. The third kappa shape index (κ3) is 3.98. The van der Waals surface area contributed by atoms with Crippen LogP contribution in [0.25, 0.3) is 21.9 Å². The summed E-state index contributed by atoms with van der Waals surface area (Å²) in [4.78, 5) is 42.0. The van der Waals surface area contributed by atoms with Gasteiger partial charge in [0.15, 0.2) is 6.10 Å². The van der Waals surface area contributed by atoms with Gasteiger partial charge in [-0.3, -0.25) is 9.59 Å².